The van der Waals surface area contributed by atoms with Gasteiger partial charge in [0, 0.05) is 4.47 Å². The van der Waals surface area contributed by atoms with Crippen molar-refractivity contribution in [2.24, 2.45) is 5.73 Å². The molecule has 0 saturated heterocycles. The lowest BCUT2D eigenvalue weighted by Gasteiger charge is -2.10. The van der Waals surface area contributed by atoms with Gasteiger partial charge in [0.15, 0.2) is 0 Å². The first-order chi connectivity index (χ1) is 7.15. The fourth-order valence-corrected chi connectivity index (χ4v) is 2.55. The highest BCUT2D eigenvalue weighted by Gasteiger charge is 2.04. The molecule has 0 saturated carbocycles. The molecule has 0 aliphatic rings. The highest BCUT2D eigenvalue weighted by molar-refractivity contribution is 9.10. The van der Waals surface area contributed by atoms with E-state index in [4.69, 9.17) is 5.73 Å². The highest BCUT2D eigenvalue weighted by atomic mass is 79.9. The second-order valence-corrected chi connectivity index (χ2v) is 5.11. The molecule has 0 amide bonds. The predicted molar refractivity (Wildman–Crippen MR) is 70.2 cm³/mol. The van der Waals surface area contributed by atoms with Crippen LogP contribution in [0, 0.1) is 0 Å². The third-order valence-electron chi connectivity index (χ3n) is 2.61. The average molecular weight is 270 g/mol. The molecule has 0 atom stereocenters. The first-order valence-corrected chi connectivity index (χ1v) is 6.43. The molecule has 0 bridgehead atoms. The Balaban J connectivity index is 2.65. The standard InChI is InChI=1S/C13H20BrN/c1-10(2)12-7-6-11(9-13(12)14)5-3-4-8-15/h6-7,9-10H,3-5,8,15H2,1-2H3. The van der Waals surface area contributed by atoms with Gasteiger partial charge in [-0.3, -0.25) is 0 Å². The SMILES string of the molecule is CC(C)c1ccc(CCCCN)cc1Br. The van der Waals surface area contributed by atoms with Crippen LogP contribution in [0.2, 0.25) is 0 Å². The summed E-state index contributed by atoms with van der Waals surface area (Å²) in [5.41, 5.74) is 8.27. The largest absolute Gasteiger partial charge is 0.330 e. The first-order valence-electron chi connectivity index (χ1n) is 5.63. The van der Waals surface area contributed by atoms with Crippen LogP contribution in [-0.4, -0.2) is 6.54 Å². The van der Waals surface area contributed by atoms with E-state index in [-0.39, 0.29) is 0 Å². The maximum atomic E-state index is 5.48. The Hall–Kier alpha value is -0.340. The fourth-order valence-electron chi connectivity index (χ4n) is 1.67. The van der Waals surface area contributed by atoms with Crippen molar-refractivity contribution in [3.63, 3.8) is 0 Å². The number of hydrogen-bond acceptors (Lipinski definition) is 1. The van der Waals surface area contributed by atoms with Crippen molar-refractivity contribution in [3.05, 3.63) is 33.8 Å². The van der Waals surface area contributed by atoms with Gasteiger partial charge in [-0.25, -0.2) is 0 Å². The fraction of sp³-hybridized carbons (Fsp3) is 0.538. The normalized spacial score (nSPS) is 11.0. The minimum absolute atomic E-state index is 0.581. The summed E-state index contributed by atoms with van der Waals surface area (Å²) in [4.78, 5) is 0. The van der Waals surface area contributed by atoms with Crippen molar-refractivity contribution in [1.82, 2.24) is 0 Å². The Morgan fingerprint density at radius 3 is 2.53 bits per heavy atom. The van der Waals surface area contributed by atoms with Crippen LogP contribution < -0.4 is 5.73 Å². The van der Waals surface area contributed by atoms with E-state index in [2.05, 4.69) is 48.0 Å². The topological polar surface area (TPSA) is 26.0 Å². The summed E-state index contributed by atoms with van der Waals surface area (Å²) >= 11 is 3.63. The van der Waals surface area contributed by atoms with E-state index in [0.717, 1.165) is 19.4 Å². The van der Waals surface area contributed by atoms with Gasteiger partial charge in [-0.2, -0.15) is 0 Å². The molecule has 1 rings (SSSR count). The monoisotopic (exact) mass is 269 g/mol. The predicted octanol–water partition coefficient (Wildman–Crippen LogP) is 3.85. The molecule has 84 valence electrons. The second-order valence-electron chi connectivity index (χ2n) is 4.26. The van der Waals surface area contributed by atoms with Gasteiger partial charge in [0.1, 0.15) is 0 Å². The summed E-state index contributed by atoms with van der Waals surface area (Å²) in [5, 5.41) is 0. The van der Waals surface area contributed by atoms with Crippen LogP contribution in [0.5, 0.6) is 0 Å². The van der Waals surface area contributed by atoms with E-state index >= 15 is 0 Å². The van der Waals surface area contributed by atoms with Gasteiger partial charge >= 0.3 is 0 Å². The van der Waals surface area contributed by atoms with Crippen molar-refractivity contribution < 1.29 is 0 Å². The quantitative estimate of drug-likeness (QED) is 0.808. The smallest absolute Gasteiger partial charge is 0.0212 e. The lowest BCUT2D eigenvalue weighted by molar-refractivity contribution is 0.743. The Morgan fingerprint density at radius 2 is 2.00 bits per heavy atom. The average Bonchev–Trinajstić information content (AvgIpc) is 2.17. The number of unbranched alkanes of at least 4 members (excludes halogenated alkanes) is 1. The summed E-state index contributed by atoms with van der Waals surface area (Å²) in [6, 6.07) is 6.70. The number of halogens is 1. The molecule has 15 heavy (non-hydrogen) atoms. The molecular formula is C13H20BrN. The summed E-state index contributed by atoms with van der Waals surface area (Å²) in [6.45, 7) is 5.23. The molecule has 0 radical (unpaired) electrons. The first kappa shape index (κ1) is 12.7. The van der Waals surface area contributed by atoms with E-state index in [1.165, 1.54) is 22.0 Å². The van der Waals surface area contributed by atoms with Crippen LogP contribution in [0.3, 0.4) is 0 Å². The van der Waals surface area contributed by atoms with Gasteiger partial charge in [-0.15, -0.1) is 0 Å². The Kier molecular flexibility index (Phi) is 5.34. The van der Waals surface area contributed by atoms with Crippen LogP contribution in [0.1, 0.15) is 43.7 Å². The zero-order valence-electron chi connectivity index (χ0n) is 9.59. The summed E-state index contributed by atoms with van der Waals surface area (Å²) in [7, 11) is 0. The van der Waals surface area contributed by atoms with Crippen molar-refractivity contribution in [1.29, 1.82) is 0 Å². The minimum Gasteiger partial charge on any atom is -0.330 e. The molecule has 0 fully saturated rings. The molecule has 0 aromatic heterocycles. The number of nitrogens with two attached hydrogens (primary N) is 1. The summed E-state index contributed by atoms with van der Waals surface area (Å²) in [6.07, 6.45) is 3.43. The van der Waals surface area contributed by atoms with E-state index in [0.29, 0.717) is 5.92 Å². The summed E-state index contributed by atoms with van der Waals surface area (Å²) < 4.78 is 1.24. The lowest BCUT2D eigenvalue weighted by atomic mass is 10.00. The highest BCUT2D eigenvalue weighted by Crippen LogP contribution is 2.26. The van der Waals surface area contributed by atoms with Gasteiger partial charge in [-0.1, -0.05) is 41.9 Å². The number of benzene rings is 1. The number of aryl methyl sites for hydroxylation is 1. The van der Waals surface area contributed by atoms with Gasteiger partial charge in [0.05, 0.1) is 0 Å². The van der Waals surface area contributed by atoms with Crippen LogP contribution in [0.15, 0.2) is 22.7 Å². The second kappa shape index (κ2) is 6.29. The molecule has 2 heteroatoms. The molecule has 0 unspecified atom stereocenters. The maximum absolute atomic E-state index is 5.48. The number of hydrogen-bond donors (Lipinski definition) is 1. The van der Waals surface area contributed by atoms with Crippen molar-refractivity contribution >= 4 is 15.9 Å². The lowest BCUT2D eigenvalue weighted by Crippen LogP contribution is -1.99. The molecule has 1 aromatic rings. The molecule has 0 aliphatic heterocycles. The van der Waals surface area contributed by atoms with Crippen LogP contribution in [0.25, 0.3) is 0 Å². The summed E-state index contributed by atoms with van der Waals surface area (Å²) in [5.74, 6) is 0.581. The van der Waals surface area contributed by atoms with Crippen LogP contribution in [-0.2, 0) is 6.42 Å². The molecule has 0 aliphatic carbocycles. The maximum Gasteiger partial charge on any atom is 0.0212 e. The van der Waals surface area contributed by atoms with Gasteiger partial charge in [0.25, 0.3) is 0 Å². The molecule has 2 N–H and O–H groups in total. The van der Waals surface area contributed by atoms with Crippen molar-refractivity contribution in [2.45, 2.75) is 39.0 Å². The van der Waals surface area contributed by atoms with Crippen molar-refractivity contribution in [3.8, 4) is 0 Å². The Morgan fingerprint density at radius 1 is 1.27 bits per heavy atom. The van der Waals surface area contributed by atoms with Crippen LogP contribution in [0.4, 0.5) is 0 Å². The Bertz CT molecular complexity index is 307. The molecular weight excluding hydrogens is 250 g/mol. The molecule has 0 heterocycles. The molecule has 0 spiro atoms. The molecule has 1 aromatic carbocycles. The van der Waals surface area contributed by atoms with Crippen molar-refractivity contribution in [2.75, 3.05) is 6.54 Å². The van der Waals surface area contributed by atoms with E-state index in [1.807, 2.05) is 0 Å². The van der Waals surface area contributed by atoms with E-state index in [1.54, 1.807) is 0 Å². The Labute approximate surface area is 101 Å². The van der Waals surface area contributed by atoms with Crippen LogP contribution >= 0.6 is 15.9 Å². The number of rotatable bonds is 5. The van der Waals surface area contributed by atoms with E-state index in [9.17, 15) is 0 Å². The van der Waals surface area contributed by atoms with Gasteiger partial charge < -0.3 is 5.73 Å². The molecule has 1 nitrogen and oxygen atoms in total. The zero-order chi connectivity index (χ0) is 11.3. The third-order valence-corrected chi connectivity index (χ3v) is 3.29. The van der Waals surface area contributed by atoms with Gasteiger partial charge in [0.2, 0.25) is 0 Å². The zero-order valence-corrected chi connectivity index (χ0v) is 11.2. The minimum atomic E-state index is 0.581. The van der Waals surface area contributed by atoms with Gasteiger partial charge in [-0.05, 0) is 48.9 Å². The third kappa shape index (κ3) is 3.96. The van der Waals surface area contributed by atoms with E-state index < -0.39 is 0 Å².